The van der Waals surface area contributed by atoms with E-state index in [0.29, 0.717) is 5.02 Å². The zero-order valence-corrected chi connectivity index (χ0v) is 12.9. The second-order valence-electron chi connectivity index (χ2n) is 4.26. The Morgan fingerprint density at radius 3 is 2.50 bits per heavy atom. The predicted octanol–water partition coefficient (Wildman–Crippen LogP) is 3.03. The molecule has 0 saturated heterocycles. The maximum Gasteiger partial charge on any atom is 0.269 e. The molecular formula is C15H12ClFN2O2S. The first-order valence-corrected chi connectivity index (χ1v) is 7.64. The first kappa shape index (κ1) is 16.3. The molecule has 2 rings (SSSR count). The van der Waals surface area contributed by atoms with Crippen molar-refractivity contribution in [3.8, 4) is 0 Å². The molecule has 2 aromatic carbocycles. The van der Waals surface area contributed by atoms with Gasteiger partial charge in [0, 0.05) is 15.5 Å². The highest BCUT2D eigenvalue weighted by Gasteiger charge is 2.08. The fourth-order valence-corrected chi connectivity index (χ4v) is 2.37. The molecule has 22 heavy (non-hydrogen) atoms. The van der Waals surface area contributed by atoms with E-state index in [0.717, 1.165) is 11.0 Å². The Morgan fingerprint density at radius 2 is 1.82 bits per heavy atom. The molecule has 0 atom stereocenters. The number of carbonyl (C=O) groups excluding carboxylic acids is 2. The molecule has 0 unspecified atom stereocenters. The minimum absolute atomic E-state index is 0.130. The van der Waals surface area contributed by atoms with Gasteiger partial charge in [0.2, 0.25) is 5.91 Å². The molecule has 0 saturated carbocycles. The minimum atomic E-state index is -0.579. The van der Waals surface area contributed by atoms with Crippen molar-refractivity contribution in [2.75, 3.05) is 5.75 Å². The molecule has 114 valence electrons. The first-order valence-electron chi connectivity index (χ1n) is 6.28. The summed E-state index contributed by atoms with van der Waals surface area (Å²) in [6.45, 7) is 0. The van der Waals surface area contributed by atoms with Crippen molar-refractivity contribution >= 4 is 35.2 Å². The van der Waals surface area contributed by atoms with Gasteiger partial charge >= 0.3 is 0 Å². The van der Waals surface area contributed by atoms with E-state index in [1.807, 2.05) is 0 Å². The fourth-order valence-electron chi connectivity index (χ4n) is 1.54. The van der Waals surface area contributed by atoms with Gasteiger partial charge in [0.1, 0.15) is 5.82 Å². The van der Waals surface area contributed by atoms with Crippen molar-refractivity contribution in [1.82, 2.24) is 10.9 Å². The monoisotopic (exact) mass is 338 g/mol. The zero-order valence-electron chi connectivity index (χ0n) is 11.3. The Balaban J connectivity index is 1.78. The van der Waals surface area contributed by atoms with E-state index in [4.69, 9.17) is 11.6 Å². The molecule has 0 fully saturated rings. The van der Waals surface area contributed by atoms with E-state index in [1.54, 1.807) is 24.3 Å². The number of nitrogens with one attached hydrogen (secondary N) is 2. The van der Waals surface area contributed by atoms with Crippen LogP contribution in [0.25, 0.3) is 0 Å². The van der Waals surface area contributed by atoms with Crippen LogP contribution in [-0.2, 0) is 4.79 Å². The highest BCUT2D eigenvalue weighted by Crippen LogP contribution is 2.19. The normalized spacial score (nSPS) is 10.1. The minimum Gasteiger partial charge on any atom is -0.272 e. The molecular weight excluding hydrogens is 327 g/mol. The van der Waals surface area contributed by atoms with Gasteiger partial charge in [0.15, 0.2) is 0 Å². The lowest BCUT2D eigenvalue weighted by atomic mass is 10.2. The molecule has 4 nitrogen and oxygen atoms in total. The summed E-state index contributed by atoms with van der Waals surface area (Å²) in [7, 11) is 0. The summed E-state index contributed by atoms with van der Waals surface area (Å²) in [4.78, 5) is 24.2. The van der Waals surface area contributed by atoms with Crippen LogP contribution in [0.1, 0.15) is 10.4 Å². The lowest BCUT2D eigenvalue weighted by Crippen LogP contribution is -2.42. The van der Waals surface area contributed by atoms with Crippen molar-refractivity contribution in [2.24, 2.45) is 0 Å². The highest BCUT2D eigenvalue weighted by molar-refractivity contribution is 8.00. The molecule has 2 N–H and O–H groups in total. The summed E-state index contributed by atoms with van der Waals surface area (Å²) in [5.41, 5.74) is 4.64. The fraction of sp³-hybridized carbons (Fsp3) is 0.0667. The molecule has 0 aliphatic heterocycles. The number of carbonyl (C=O) groups is 2. The van der Waals surface area contributed by atoms with Crippen LogP contribution in [-0.4, -0.2) is 17.6 Å². The van der Waals surface area contributed by atoms with Gasteiger partial charge in [-0.05, 0) is 42.5 Å². The average molecular weight is 339 g/mol. The van der Waals surface area contributed by atoms with Gasteiger partial charge < -0.3 is 0 Å². The van der Waals surface area contributed by atoms with Gasteiger partial charge in [-0.25, -0.2) is 4.39 Å². The Morgan fingerprint density at radius 1 is 1.09 bits per heavy atom. The number of amides is 2. The van der Waals surface area contributed by atoms with Crippen molar-refractivity contribution in [3.05, 3.63) is 64.9 Å². The average Bonchev–Trinajstić information content (AvgIpc) is 2.52. The van der Waals surface area contributed by atoms with Gasteiger partial charge in [-0.1, -0.05) is 17.7 Å². The number of hydrogen-bond donors (Lipinski definition) is 2. The summed E-state index contributed by atoms with van der Waals surface area (Å²) in [6, 6.07) is 12.2. The van der Waals surface area contributed by atoms with E-state index in [-0.39, 0.29) is 17.2 Å². The third-order valence-corrected chi connectivity index (χ3v) is 3.85. The third-order valence-electron chi connectivity index (χ3n) is 2.59. The zero-order chi connectivity index (χ0) is 15.9. The molecule has 0 aliphatic carbocycles. The maximum atomic E-state index is 13.0. The van der Waals surface area contributed by atoms with E-state index < -0.39 is 11.7 Å². The molecule has 2 amide bonds. The lowest BCUT2D eigenvalue weighted by Gasteiger charge is -2.07. The predicted molar refractivity (Wildman–Crippen MR) is 84.2 cm³/mol. The summed E-state index contributed by atoms with van der Waals surface area (Å²) in [5.74, 6) is -1.34. The van der Waals surface area contributed by atoms with Gasteiger partial charge in [0.25, 0.3) is 5.91 Å². The first-order chi connectivity index (χ1) is 10.5. The largest absolute Gasteiger partial charge is 0.272 e. The van der Waals surface area contributed by atoms with Crippen LogP contribution in [0.4, 0.5) is 4.39 Å². The van der Waals surface area contributed by atoms with Crippen LogP contribution in [0.2, 0.25) is 5.02 Å². The van der Waals surface area contributed by atoms with Crippen molar-refractivity contribution in [2.45, 2.75) is 4.90 Å². The Hall–Kier alpha value is -2.05. The Labute approximate surface area is 136 Å². The molecule has 2 aromatic rings. The molecule has 7 heteroatoms. The lowest BCUT2D eigenvalue weighted by molar-refractivity contribution is -0.119. The molecule has 0 aliphatic rings. The van der Waals surface area contributed by atoms with Crippen LogP contribution < -0.4 is 10.9 Å². The highest BCUT2D eigenvalue weighted by atomic mass is 35.5. The van der Waals surface area contributed by atoms with Crippen molar-refractivity contribution in [1.29, 1.82) is 0 Å². The second-order valence-corrected chi connectivity index (χ2v) is 5.74. The number of halogens is 2. The van der Waals surface area contributed by atoms with Gasteiger partial charge in [0.05, 0.1) is 5.75 Å². The SMILES string of the molecule is O=C(CSc1ccc(Cl)cc1)NNC(=O)c1cccc(F)c1. The van der Waals surface area contributed by atoms with Crippen LogP contribution >= 0.6 is 23.4 Å². The second kappa shape index (κ2) is 7.82. The summed E-state index contributed by atoms with van der Waals surface area (Å²) in [5, 5.41) is 0.621. The molecule has 0 bridgehead atoms. The van der Waals surface area contributed by atoms with E-state index in [2.05, 4.69) is 10.9 Å². The number of rotatable bonds is 4. The van der Waals surface area contributed by atoms with Crippen LogP contribution in [0.3, 0.4) is 0 Å². The van der Waals surface area contributed by atoms with E-state index >= 15 is 0 Å². The summed E-state index contributed by atoms with van der Waals surface area (Å²) >= 11 is 7.07. The van der Waals surface area contributed by atoms with Gasteiger partial charge in [-0.2, -0.15) is 0 Å². The number of thioether (sulfide) groups is 1. The Kier molecular flexibility index (Phi) is 5.80. The smallest absolute Gasteiger partial charge is 0.269 e. The van der Waals surface area contributed by atoms with Crippen LogP contribution in [0.15, 0.2) is 53.4 Å². The van der Waals surface area contributed by atoms with E-state index in [1.165, 1.54) is 30.0 Å². The van der Waals surface area contributed by atoms with Gasteiger partial charge in [-0.15, -0.1) is 11.8 Å². The van der Waals surface area contributed by atoms with Crippen molar-refractivity contribution in [3.63, 3.8) is 0 Å². The number of hydrazine groups is 1. The molecule has 0 aromatic heterocycles. The van der Waals surface area contributed by atoms with E-state index in [9.17, 15) is 14.0 Å². The number of benzene rings is 2. The quantitative estimate of drug-likeness (QED) is 0.665. The standard InChI is InChI=1S/C15H12ClFN2O2S/c16-11-4-6-13(7-5-11)22-9-14(20)18-19-15(21)10-2-1-3-12(17)8-10/h1-8H,9H2,(H,18,20)(H,19,21). The summed E-state index contributed by atoms with van der Waals surface area (Å²) in [6.07, 6.45) is 0. The summed E-state index contributed by atoms with van der Waals surface area (Å²) < 4.78 is 13.0. The van der Waals surface area contributed by atoms with Crippen molar-refractivity contribution < 1.29 is 14.0 Å². The van der Waals surface area contributed by atoms with Crippen LogP contribution in [0.5, 0.6) is 0 Å². The third kappa shape index (κ3) is 5.05. The topological polar surface area (TPSA) is 58.2 Å². The number of hydrogen-bond acceptors (Lipinski definition) is 3. The molecule has 0 radical (unpaired) electrons. The van der Waals surface area contributed by atoms with Crippen LogP contribution in [0, 0.1) is 5.82 Å². The Bertz CT molecular complexity index is 679. The molecule has 0 spiro atoms. The van der Waals surface area contributed by atoms with Gasteiger partial charge in [-0.3, -0.25) is 20.4 Å². The molecule has 0 heterocycles. The maximum absolute atomic E-state index is 13.0.